The van der Waals surface area contributed by atoms with Crippen molar-refractivity contribution in [1.29, 1.82) is 0 Å². The van der Waals surface area contributed by atoms with Gasteiger partial charge in [-0.1, -0.05) is 12.1 Å². The molecule has 1 fully saturated rings. The number of ether oxygens (including phenoxy) is 1. The van der Waals surface area contributed by atoms with Crippen molar-refractivity contribution in [2.24, 2.45) is 0 Å². The molecule has 112 valence electrons. The SMILES string of the molecule is CC1CN(Cc2ccc3c(c2)CC(C)(C)O3)CCN1.Cl. The molecule has 2 heterocycles. The maximum Gasteiger partial charge on any atom is 0.123 e. The Bertz CT molecular complexity index is 476. The molecule has 1 atom stereocenters. The molecular formula is C16H25ClN2O. The van der Waals surface area contributed by atoms with E-state index in [0.717, 1.165) is 38.3 Å². The van der Waals surface area contributed by atoms with Crippen LogP contribution in [-0.2, 0) is 13.0 Å². The predicted octanol–water partition coefficient (Wildman–Crippen LogP) is 2.62. The zero-order chi connectivity index (χ0) is 13.5. The number of piperazine rings is 1. The smallest absolute Gasteiger partial charge is 0.123 e. The van der Waals surface area contributed by atoms with Gasteiger partial charge in [-0.15, -0.1) is 12.4 Å². The molecule has 4 heteroatoms. The summed E-state index contributed by atoms with van der Waals surface area (Å²) in [5, 5.41) is 3.49. The van der Waals surface area contributed by atoms with E-state index in [4.69, 9.17) is 4.74 Å². The quantitative estimate of drug-likeness (QED) is 0.908. The van der Waals surface area contributed by atoms with E-state index in [1.165, 1.54) is 11.1 Å². The number of fused-ring (bicyclic) bond motifs is 1. The Hall–Kier alpha value is -0.770. The van der Waals surface area contributed by atoms with Crippen LogP contribution in [0.25, 0.3) is 0 Å². The van der Waals surface area contributed by atoms with Gasteiger partial charge in [0.25, 0.3) is 0 Å². The summed E-state index contributed by atoms with van der Waals surface area (Å²) >= 11 is 0. The molecule has 20 heavy (non-hydrogen) atoms. The molecule has 0 radical (unpaired) electrons. The topological polar surface area (TPSA) is 24.5 Å². The lowest BCUT2D eigenvalue weighted by atomic mass is 10.00. The molecule has 2 aliphatic rings. The highest BCUT2D eigenvalue weighted by molar-refractivity contribution is 5.85. The fourth-order valence-electron chi connectivity index (χ4n) is 3.18. The highest BCUT2D eigenvalue weighted by Gasteiger charge is 2.30. The van der Waals surface area contributed by atoms with Gasteiger partial charge in [0, 0.05) is 38.6 Å². The molecule has 1 aromatic rings. The highest BCUT2D eigenvalue weighted by atomic mass is 35.5. The molecule has 0 amide bonds. The van der Waals surface area contributed by atoms with Crippen molar-refractivity contribution < 1.29 is 4.74 Å². The van der Waals surface area contributed by atoms with E-state index in [-0.39, 0.29) is 18.0 Å². The van der Waals surface area contributed by atoms with Crippen LogP contribution in [0.4, 0.5) is 0 Å². The first kappa shape index (κ1) is 15.6. The van der Waals surface area contributed by atoms with Crippen LogP contribution in [0.2, 0.25) is 0 Å². The van der Waals surface area contributed by atoms with Gasteiger partial charge in [0.05, 0.1) is 0 Å². The van der Waals surface area contributed by atoms with Crippen LogP contribution in [0.15, 0.2) is 18.2 Å². The maximum absolute atomic E-state index is 5.93. The summed E-state index contributed by atoms with van der Waals surface area (Å²) in [5.41, 5.74) is 2.74. The first-order valence-electron chi connectivity index (χ1n) is 7.28. The summed E-state index contributed by atoms with van der Waals surface area (Å²) in [7, 11) is 0. The molecule has 3 nitrogen and oxygen atoms in total. The van der Waals surface area contributed by atoms with Gasteiger partial charge in [0.1, 0.15) is 11.4 Å². The van der Waals surface area contributed by atoms with E-state index in [1.807, 2.05) is 0 Å². The monoisotopic (exact) mass is 296 g/mol. The standard InChI is InChI=1S/C16H24N2O.ClH/c1-12-10-18(7-6-17-12)11-13-4-5-15-14(8-13)9-16(2,3)19-15;/h4-5,8,12,17H,6-7,9-11H2,1-3H3;1H. The van der Waals surface area contributed by atoms with Crippen molar-refractivity contribution in [3.63, 3.8) is 0 Å². The van der Waals surface area contributed by atoms with Crippen LogP contribution in [0.1, 0.15) is 31.9 Å². The highest BCUT2D eigenvalue weighted by Crippen LogP contribution is 2.35. The lowest BCUT2D eigenvalue weighted by molar-refractivity contribution is 0.138. The summed E-state index contributed by atoms with van der Waals surface area (Å²) in [5.74, 6) is 1.07. The van der Waals surface area contributed by atoms with Gasteiger partial charge in [0.2, 0.25) is 0 Å². The Labute approximate surface area is 128 Å². The Morgan fingerprint density at radius 2 is 2.20 bits per heavy atom. The summed E-state index contributed by atoms with van der Waals surface area (Å²) in [6.45, 7) is 11.0. The summed E-state index contributed by atoms with van der Waals surface area (Å²) in [6.07, 6.45) is 1.02. The molecular weight excluding hydrogens is 272 g/mol. The normalized spacial score (nSPS) is 24.6. The fraction of sp³-hybridized carbons (Fsp3) is 0.625. The van der Waals surface area contributed by atoms with Crippen molar-refractivity contribution in [3.05, 3.63) is 29.3 Å². The van der Waals surface area contributed by atoms with Crippen molar-refractivity contribution in [2.75, 3.05) is 19.6 Å². The van der Waals surface area contributed by atoms with Crippen LogP contribution in [0.5, 0.6) is 5.75 Å². The zero-order valence-corrected chi connectivity index (χ0v) is 13.4. The molecule has 1 aromatic carbocycles. The van der Waals surface area contributed by atoms with E-state index >= 15 is 0 Å². The Kier molecular flexibility index (Phi) is 4.62. The zero-order valence-electron chi connectivity index (χ0n) is 12.6. The summed E-state index contributed by atoms with van der Waals surface area (Å²) in [4.78, 5) is 2.53. The minimum absolute atomic E-state index is 0. The minimum atomic E-state index is -0.0372. The second-order valence-corrected chi connectivity index (χ2v) is 6.57. The molecule has 0 saturated carbocycles. The van der Waals surface area contributed by atoms with Gasteiger partial charge in [-0.3, -0.25) is 4.90 Å². The molecule has 1 saturated heterocycles. The molecule has 1 unspecified atom stereocenters. The fourth-order valence-corrected chi connectivity index (χ4v) is 3.18. The van der Waals surface area contributed by atoms with Crippen LogP contribution >= 0.6 is 12.4 Å². The molecule has 2 aliphatic heterocycles. The second-order valence-electron chi connectivity index (χ2n) is 6.57. The number of nitrogens with zero attached hydrogens (tertiary/aromatic N) is 1. The second kappa shape index (κ2) is 5.92. The molecule has 0 bridgehead atoms. The van der Waals surface area contributed by atoms with Gasteiger partial charge in [0.15, 0.2) is 0 Å². The van der Waals surface area contributed by atoms with Gasteiger partial charge < -0.3 is 10.1 Å². The van der Waals surface area contributed by atoms with E-state index in [2.05, 4.69) is 49.2 Å². The maximum atomic E-state index is 5.93. The van der Waals surface area contributed by atoms with Crippen LogP contribution < -0.4 is 10.1 Å². The van der Waals surface area contributed by atoms with Gasteiger partial charge >= 0.3 is 0 Å². The number of benzene rings is 1. The first-order valence-corrected chi connectivity index (χ1v) is 7.28. The third kappa shape index (κ3) is 3.46. The van der Waals surface area contributed by atoms with Gasteiger partial charge in [-0.2, -0.15) is 0 Å². The van der Waals surface area contributed by atoms with Gasteiger partial charge in [-0.05, 0) is 38.0 Å². The Morgan fingerprint density at radius 3 is 2.95 bits per heavy atom. The number of hydrogen-bond acceptors (Lipinski definition) is 3. The minimum Gasteiger partial charge on any atom is -0.487 e. The Morgan fingerprint density at radius 1 is 1.40 bits per heavy atom. The van der Waals surface area contributed by atoms with E-state index in [9.17, 15) is 0 Å². The first-order chi connectivity index (χ1) is 9.02. The summed E-state index contributed by atoms with van der Waals surface area (Å²) < 4.78 is 5.93. The van der Waals surface area contributed by atoms with E-state index in [1.54, 1.807) is 0 Å². The van der Waals surface area contributed by atoms with E-state index < -0.39 is 0 Å². The van der Waals surface area contributed by atoms with Crippen molar-refractivity contribution in [1.82, 2.24) is 10.2 Å². The molecule has 0 aromatic heterocycles. The molecule has 0 aliphatic carbocycles. The number of nitrogens with one attached hydrogen (secondary N) is 1. The largest absolute Gasteiger partial charge is 0.487 e. The van der Waals surface area contributed by atoms with Crippen LogP contribution in [0, 0.1) is 0 Å². The predicted molar refractivity (Wildman–Crippen MR) is 84.8 cm³/mol. The third-order valence-electron chi connectivity index (χ3n) is 3.99. The lowest BCUT2D eigenvalue weighted by Gasteiger charge is -2.31. The Balaban J connectivity index is 0.00000147. The van der Waals surface area contributed by atoms with Crippen molar-refractivity contribution in [2.45, 2.75) is 45.4 Å². The molecule has 0 spiro atoms. The number of hydrogen-bond donors (Lipinski definition) is 1. The lowest BCUT2D eigenvalue weighted by Crippen LogP contribution is -2.48. The number of rotatable bonds is 2. The average Bonchev–Trinajstić information content (AvgIpc) is 2.62. The number of halogens is 1. The average molecular weight is 297 g/mol. The molecule has 1 N–H and O–H groups in total. The van der Waals surface area contributed by atoms with Crippen LogP contribution in [0.3, 0.4) is 0 Å². The van der Waals surface area contributed by atoms with Crippen molar-refractivity contribution >= 4 is 12.4 Å². The van der Waals surface area contributed by atoms with Gasteiger partial charge in [-0.25, -0.2) is 0 Å². The van der Waals surface area contributed by atoms with Crippen molar-refractivity contribution in [3.8, 4) is 5.75 Å². The van der Waals surface area contributed by atoms with E-state index in [0.29, 0.717) is 6.04 Å². The summed E-state index contributed by atoms with van der Waals surface area (Å²) in [6, 6.07) is 7.29. The molecule has 3 rings (SSSR count). The third-order valence-corrected chi connectivity index (χ3v) is 3.99. The van der Waals surface area contributed by atoms with Crippen LogP contribution in [-0.4, -0.2) is 36.2 Å².